The molecule has 0 aromatic carbocycles. The number of carboxylic acids is 1. The Labute approximate surface area is 95.1 Å². The Morgan fingerprint density at radius 1 is 1.56 bits per heavy atom. The van der Waals surface area contributed by atoms with E-state index in [1.165, 1.54) is 24.5 Å². The normalized spacial score (nSPS) is 13.9. The summed E-state index contributed by atoms with van der Waals surface area (Å²) in [5, 5.41) is 24.3. The molecular weight excluding hydrogens is 234 g/mol. The van der Waals surface area contributed by atoms with Gasteiger partial charge in [0.15, 0.2) is 11.2 Å². The maximum absolute atomic E-state index is 11.3. The fraction of sp³-hybridized carbons (Fsp3) is 0.375. The van der Waals surface area contributed by atoms with Crippen molar-refractivity contribution >= 4 is 28.5 Å². The number of nitrogens with one attached hydrogen (secondary N) is 2. The second kappa shape index (κ2) is 5.42. The number of aliphatic hydroxyl groups is 1. The topological polar surface area (TPSA) is 112 Å². The lowest BCUT2D eigenvalue weighted by Crippen LogP contribution is -2.49. The largest absolute Gasteiger partial charge is 0.480 e. The Balaban J connectivity index is 2.52. The lowest BCUT2D eigenvalue weighted by molar-refractivity contribution is -0.141. The minimum Gasteiger partial charge on any atom is -0.480 e. The molecule has 2 atom stereocenters. The molecule has 1 heterocycles. The highest BCUT2D eigenvalue weighted by atomic mass is 32.1. The van der Waals surface area contributed by atoms with Crippen molar-refractivity contribution in [3.05, 3.63) is 11.6 Å². The zero-order valence-electron chi connectivity index (χ0n) is 8.38. The average Bonchev–Trinajstić information content (AvgIpc) is 2.65. The molecule has 16 heavy (non-hydrogen) atoms. The number of carbonyl (C=O) groups excluding carboxylic acids is 1. The fourth-order valence-electron chi connectivity index (χ4n) is 0.948. The second-order valence-corrected chi connectivity index (χ2v) is 3.89. The number of anilines is 1. The molecule has 1 aromatic heterocycles. The number of aliphatic carboxylic acids is 1. The fourth-order valence-corrected chi connectivity index (χ4v) is 1.47. The first-order valence-electron chi connectivity index (χ1n) is 4.38. The molecule has 0 saturated heterocycles. The van der Waals surface area contributed by atoms with E-state index in [0.29, 0.717) is 5.13 Å². The van der Waals surface area contributed by atoms with Crippen molar-refractivity contribution in [3.63, 3.8) is 0 Å². The summed E-state index contributed by atoms with van der Waals surface area (Å²) in [5.41, 5.74) is 0. The molecule has 0 aliphatic rings. The van der Waals surface area contributed by atoms with Gasteiger partial charge in [-0.3, -0.25) is 5.32 Å². The Morgan fingerprint density at radius 2 is 2.25 bits per heavy atom. The number of hydrogen-bond acceptors (Lipinski definition) is 5. The predicted molar refractivity (Wildman–Crippen MR) is 57.4 cm³/mol. The molecular formula is C8H11N3O4S. The van der Waals surface area contributed by atoms with E-state index in [9.17, 15) is 9.59 Å². The summed E-state index contributed by atoms with van der Waals surface area (Å²) in [6, 6.07) is -2.07. The molecule has 1 aromatic rings. The zero-order valence-corrected chi connectivity index (χ0v) is 9.19. The number of carbonyl (C=O) groups is 2. The van der Waals surface area contributed by atoms with Crippen molar-refractivity contribution < 1.29 is 19.8 Å². The van der Waals surface area contributed by atoms with Crippen LogP contribution >= 0.6 is 11.3 Å². The Bertz CT molecular complexity index is 365. The van der Waals surface area contributed by atoms with Crippen LogP contribution in [0.2, 0.25) is 0 Å². The Morgan fingerprint density at radius 3 is 2.69 bits per heavy atom. The van der Waals surface area contributed by atoms with E-state index in [4.69, 9.17) is 10.2 Å². The molecule has 2 amide bonds. The van der Waals surface area contributed by atoms with E-state index in [2.05, 4.69) is 15.6 Å². The maximum atomic E-state index is 11.3. The number of hydrogen-bond donors (Lipinski definition) is 4. The number of carboxylic acid groups (broad SMARTS) is 1. The van der Waals surface area contributed by atoms with Crippen LogP contribution in [0.25, 0.3) is 0 Å². The van der Waals surface area contributed by atoms with E-state index in [1.54, 1.807) is 5.38 Å². The van der Waals surface area contributed by atoms with Crippen LogP contribution in [-0.2, 0) is 4.79 Å². The molecule has 88 valence electrons. The van der Waals surface area contributed by atoms with Gasteiger partial charge in [-0.15, -0.1) is 11.3 Å². The third-order valence-electron chi connectivity index (χ3n) is 1.69. The van der Waals surface area contributed by atoms with Crippen molar-refractivity contribution in [1.29, 1.82) is 0 Å². The van der Waals surface area contributed by atoms with Gasteiger partial charge in [-0.1, -0.05) is 0 Å². The molecule has 0 saturated carbocycles. The van der Waals surface area contributed by atoms with E-state index < -0.39 is 24.1 Å². The van der Waals surface area contributed by atoms with Gasteiger partial charge < -0.3 is 15.5 Å². The Kier molecular flexibility index (Phi) is 4.20. The maximum Gasteiger partial charge on any atom is 0.328 e. The summed E-state index contributed by atoms with van der Waals surface area (Å²) in [6.07, 6.45) is 0.323. The first kappa shape index (κ1) is 12.4. The first-order chi connectivity index (χ1) is 7.50. The number of rotatable bonds is 4. The summed E-state index contributed by atoms with van der Waals surface area (Å²) < 4.78 is 0. The third-order valence-corrected chi connectivity index (χ3v) is 2.38. The highest BCUT2D eigenvalue weighted by Gasteiger charge is 2.24. The van der Waals surface area contributed by atoms with Crippen LogP contribution in [0, 0.1) is 0 Å². The molecule has 4 N–H and O–H groups in total. The quantitative estimate of drug-likeness (QED) is 0.601. The SMILES string of the molecule is C[C@@H](O)[C@H](NC(=O)Nc1nccs1)C(=O)O. The standard InChI is InChI=1S/C8H11N3O4S/c1-4(12)5(6(13)14)10-7(15)11-8-9-2-3-16-8/h2-5,12H,1H3,(H,13,14)(H2,9,10,11,15)/t4-,5+/m1/s1. The van der Waals surface area contributed by atoms with Crippen molar-refractivity contribution in [2.24, 2.45) is 0 Å². The summed E-state index contributed by atoms with van der Waals surface area (Å²) in [4.78, 5) is 25.8. The van der Waals surface area contributed by atoms with Crippen LogP contribution in [0.4, 0.5) is 9.93 Å². The Hall–Kier alpha value is -1.67. The third kappa shape index (κ3) is 3.48. The van der Waals surface area contributed by atoms with Gasteiger partial charge in [0.05, 0.1) is 6.10 Å². The highest BCUT2D eigenvalue weighted by Crippen LogP contribution is 2.09. The highest BCUT2D eigenvalue weighted by molar-refractivity contribution is 7.13. The van der Waals surface area contributed by atoms with Gasteiger partial charge in [-0.2, -0.15) is 0 Å². The second-order valence-electron chi connectivity index (χ2n) is 2.99. The monoisotopic (exact) mass is 245 g/mol. The molecule has 8 heteroatoms. The van der Waals surface area contributed by atoms with Crippen LogP contribution < -0.4 is 10.6 Å². The van der Waals surface area contributed by atoms with Crippen molar-refractivity contribution in [2.45, 2.75) is 19.1 Å². The number of nitrogens with zero attached hydrogens (tertiary/aromatic N) is 1. The lowest BCUT2D eigenvalue weighted by Gasteiger charge is -2.16. The minimum absolute atomic E-state index is 0.354. The summed E-state index contributed by atoms with van der Waals surface area (Å²) in [6.45, 7) is 1.28. The van der Waals surface area contributed by atoms with Crippen LogP contribution in [0.5, 0.6) is 0 Å². The van der Waals surface area contributed by atoms with Gasteiger partial charge in [0.25, 0.3) is 0 Å². The first-order valence-corrected chi connectivity index (χ1v) is 5.26. The number of thiazole rings is 1. The van der Waals surface area contributed by atoms with Gasteiger partial charge in [0, 0.05) is 11.6 Å². The van der Waals surface area contributed by atoms with Crippen molar-refractivity contribution in [2.75, 3.05) is 5.32 Å². The van der Waals surface area contributed by atoms with Gasteiger partial charge in [-0.05, 0) is 6.92 Å². The lowest BCUT2D eigenvalue weighted by atomic mass is 10.2. The van der Waals surface area contributed by atoms with E-state index in [-0.39, 0.29) is 0 Å². The van der Waals surface area contributed by atoms with Crippen LogP contribution in [-0.4, -0.2) is 39.3 Å². The molecule has 0 aliphatic carbocycles. The molecule has 0 unspecified atom stereocenters. The van der Waals surface area contributed by atoms with Gasteiger partial charge in [0.1, 0.15) is 0 Å². The molecule has 7 nitrogen and oxygen atoms in total. The number of urea groups is 1. The molecule has 1 rings (SSSR count). The predicted octanol–water partition coefficient (Wildman–Crippen LogP) is 0.0986. The van der Waals surface area contributed by atoms with E-state index >= 15 is 0 Å². The molecule has 0 aliphatic heterocycles. The molecule has 0 fully saturated rings. The van der Waals surface area contributed by atoms with Crippen molar-refractivity contribution in [3.8, 4) is 0 Å². The number of amides is 2. The van der Waals surface area contributed by atoms with E-state index in [0.717, 1.165) is 0 Å². The van der Waals surface area contributed by atoms with Crippen LogP contribution in [0.3, 0.4) is 0 Å². The molecule has 0 spiro atoms. The smallest absolute Gasteiger partial charge is 0.328 e. The van der Waals surface area contributed by atoms with Crippen LogP contribution in [0.1, 0.15) is 6.92 Å². The minimum atomic E-state index is -1.35. The zero-order chi connectivity index (χ0) is 12.1. The average molecular weight is 245 g/mol. The molecule has 0 bridgehead atoms. The van der Waals surface area contributed by atoms with Gasteiger partial charge in [0.2, 0.25) is 0 Å². The van der Waals surface area contributed by atoms with Gasteiger partial charge in [-0.25, -0.2) is 14.6 Å². The summed E-state index contributed by atoms with van der Waals surface area (Å²) in [5.74, 6) is -1.30. The van der Waals surface area contributed by atoms with Gasteiger partial charge >= 0.3 is 12.0 Å². The number of aliphatic hydroxyl groups excluding tert-OH is 1. The molecule has 0 radical (unpaired) electrons. The van der Waals surface area contributed by atoms with Crippen molar-refractivity contribution in [1.82, 2.24) is 10.3 Å². The summed E-state index contributed by atoms with van der Waals surface area (Å²) >= 11 is 1.20. The number of aromatic nitrogens is 1. The van der Waals surface area contributed by atoms with Crippen LogP contribution in [0.15, 0.2) is 11.6 Å². The van der Waals surface area contributed by atoms with E-state index in [1.807, 2.05) is 0 Å². The summed E-state index contributed by atoms with van der Waals surface area (Å²) in [7, 11) is 0.